The van der Waals surface area contributed by atoms with Crippen LogP contribution in [0, 0.1) is 0 Å². The maximum absolute atomic E-state index is 12.7. The van der Waals surface area contributed by atoms with E-state index >= 15 is 0 Å². The maximum Gasteiger partial charge on any atom is 0.416 e. The standard InChI is InChI=1S/C23H22F3N3O/c1-29-10-8-16(9-11-29)17-13-19-20(27-14-17)6-7-21(19)28-22(30)12-15-2-4-18(5-3-15)23(24,25)26/h2-5,7-8,13-14H,6,9-12H2,1H3,(H,28,30). The third kappa shape index (κ3) is 4.46. The molecule has 7 heteroatoms. The number of hydrogen-bond donors (Lipinski definition) is 1. The molecular formula is C23H22F3N3O. The van der Waals surface area contributed by atoms with Crippen LogP contribution < -0.4 is 5.32 Å². The van der Waals surface area contributed by atoms with E-state index < -0.39 is 11.7 Å². The molecule has 0 saturated heterocycles. The molecule has 156 valence electrons. The Hall–Kier alpha value is -2.93. The largest absolute Gasteiger partial charge is 0.416 e. The predicted octanol–water partition coefficient (Wildman–Crippen LogP) is 4.08. The topological polar surface area (TPSA) is 45.2 Å². The van der Waals surface area contributed by atoms with E-state index in [1.165, 1.54) is 17.7 Å². The van der Waals surface area contributed by atoms with Gasteiger partial charge in [0.05, 0.1) is 17.7 Å². The Morgan fingerprint density at radius 1 is 1.20 bits per heavy atom. The number of carbonyl (C=O) groups is 1. The zero-order chi connectivity index (χ0) is 21.3. The Morgan fingerprint density at radius 2 is 1.97 bits per heavy atom. The quantitative estimate of drug-likeness (QED) is 0.822. The van der Waals surface area contributed by atoms with Crippen molar-refractivity contribution in [2.45, 2.75) is 25.4 Å². The van der Waals surface area contributed by atoms with Gasteiger partial charge in [0.15, 0.2) is 0 Å². The van der Waals surface area contributed by atoms with Gasteiger partial charge in [0.25, 0.3) is 0 Å². The fourth-order valence-corrected chi connectivity index (χ4v) is 3.72. The van der Waals surface area contributed by atoms with Crippen LogP contribution in [-0.4, -0.2) is 35.9 Å². The van der Waals surface area contributed by atoms with Gasteiger partial charge in [0, 0.05) is 37.0 Å². The number of carbonyl (C=O) groups excluding carboxylic acids is 1. The highest BCUT2D eigenvalue weighted by Gasteiger charge is 2.30. The molecule has 1 aliphatic heterocycles. The van der Waals surface area contributed by atoms with Crippen LogP contribution in [0.15, 0.2) is 48.7 Å². The molecule has 0 fully saturated rings. The number of fused-ring (bicyclic) bond motifs is 1. The molecule has 0 unspecified atom stereocenters. The Kier molecular flexibility index (Phi) is 5.47. The van der Waals surface area contributed by atoms with E-state index in [0.717, 1.165) is 48.5 Å². The molecule has 1 N–H and O–H groups in total. The van der Waals surface area contributed by atoms with Gasteiger partial charge in [-0.3, -0.25) is 9.78 Å². The van der Waals surface area contributed by atoms with Gasteiger partial charge in [-0.15, -0.1) is 0 Å². The fraction of sp³-hybridized carbons (Fsp3) is 0.304. The summed E-state index contributed by atoms with van der Waals surface area (Å²) in [6.45, 7) is 1.90. The van der Waals surface area contributed by atoms with E-state index in [9.17, 15) is 18.0 Å². The average Bonchev–Trinajstić information content (AvgIpc) is 3.10. The highest BCUT2D eigenvalue weighted by Crippen LogP contribution is 2.30. The number of allylic oxidation sites excluding steroid dienone is 1. The van der Waals surface area contributed by atoms with Crippen molar-refractivity contribution in [3.63, 3.8) is 0 Å². The van der Waals surface area contributed by atoms with E-state index in [1.54, 1.807) is 0 Å². The number of nitrogens with one attached hydrogen (secondary N) is 1. The van der Waals surface area contributed by atoms with Crippen molar-refractivity contribution >= 4 is 17.2 Å². The minimum Gasteiger partial charge on any atom is -0.325 e. The van der Waals surface area contributed by atoms with Crippen molar-refractivity contribution in [3.05, 3.63) is 76.6 Å². The van der Waals surface area contributed by atoms with E-state index in [4.69, 9.17) is 0 Å². The van der Waals surface area contributed by atoms with Gasteiger partial charge < -0.3 is 10.2 Å². The Balaban J connectivity index is 1.44. The van der Waals surface area contributed by atoms with Crippen molar-refractivity contribution in [1.29, 1.82) is 0 Å². The number of likely N-dealkylation sites (N-methyl/N-ethyl adjacent to an activating group) is 1. The highest BCUT2D eigenvalue weighted by atomic mass is 19.4. The Labute approximate surface area is 173 Å². The zero-order valence-electron chi connectivity index (χ0n) is 16.6. The fourth-order valence-electron chi connectivity index (χ4n) is 3.72. The summed E-state index contributed by atoms with van der Waals surface area (Å²) in [5.41, 5.74) is 4.66. The first kappa shape index (κ1) is 20.3. The molecule has 2 aromatic rings. The maximum atomic E-state index is 12.7. The van der Waals surface area contributed by atoms with Gasteiger partial charge in [0.2, 0.25) is 5.91 Å². The summed E-state index contributed by atoms with van der Waals surface area (Å²) in [5.74, 6) is -0.266. The lowest BCUT2D eigenvalue weighted by Crippen LogP contribution is -2.24. The summed E-state index contributed by atoms with van der Waals surface area (Å²) in [4.78, 5) is 19.3. The molecule has 1 aromatic carbocycles. The summed E-state index contributed by atoms with van der Waals surface area (Å²) in [5, 5.41) is 2.90. The lowest BCUT2D eigenvalue weighted by Gasteiger charge is -2.22. The number of alkyl halides is 3. The van der Waals surface area contributed by atoms with Crippen molar-refractivity contribution in [3.8, 4) is 0 Å². The molecule has 4 rings (SSSR count). The van der Waals surface area contributed by atoms with E-state index in [-0.39, 0.29) is 12.3 Å². The summed E-state index contributed by atoms with van der Waals surface area (Å²) in [6, 6.07) is 6.74. The van der Waals surface area contributed by atoms with Crippen LogP contribution in [0.2, 0.25) is 0 Å². The van der Waals surface area contributed by atoms with Crippen LogP contribution in [-0.2, 0) is 23.8 Å². The molecule has 0 saturated carbocycles. The van der Waals surface area contributed by atoms with Gasteiger partial charge >= 0.3 is 6.18 Å². The zero-order valence-corrected chi connectivity index (χ0v) is 16.6. The summed E-state index contributed by atoms with van der Waals surface area (Å²) >= 11 is 0. The third-order valence-corrected chi connectivity index (χ3v) is 5.46. The molecule has 1 amide bonds. The number of rotatable bonds is 4. The molecule has 1 aromatic heterocycles. The summed E-state index contributed by atoms with van der Waals surface area (Å²) in [7, 11) is 2.08. The second kappa shape index (κ2) is 8.07. The molecule has 0 spiro atoms. The molecule has 4 nitrogen and oxygen atoms in total. The highest BCUT2D eigenvalue weighted by molar-refractivity contribution is 5.90. The second-order valence-corrected chi connectivity index (χ2v) is 7.70. The number of hydrogen-bond acceptors (Lipinski definition) is 3. The molecule has 0 bridgehead atoms. The van der Waals surface area contributed by atoms with Crippen molar-refractivity contribution in [1.82, 2.24) is 15.2 Å². The lowest BCUT2D eigenvalue weighted by atomic mass is 9.99. The average molecular weight is 413 g/mol. The van der Waals surface area contributed by atoms with Gasteiger partial charge in [0.1, 0.15) is 0 Å². The molecule has 2 heterocycles. The van der Waals surface area contributed by atoms with Crippen LogP contribution in [0.3, 0.4) is 0 Å². The smallest absolute Gasteiger partial charge is 0.325 e. The van der Waals surface area contributed by atoms with E-state index in [2.05, 4.69) is 34.4 Å². The third-order valence-electron chi connectivity index (χ3n) is 5.46. The molecular weight excluding hydrogens is 391 g/mol. The number of pyridine rings is 1. The first-order chi connectivity index (χ1) is 14.3. The van der Waals surface area contributed by atoms with E-state index in [1.807, 2.05) is 12.3 Å². The summed E-state index contributed by atoms with van der Waals surface area (Å²) < 4.78 is 38.0. The van der Waals surface area contributed by atoms with Crippen LogP contribution in [0.25, 0.3) is 11.3 Å². The normalized spacial score (nSPS) is 16.7. The monoisotopic (exact) mass is 413 g/mol. The molecule has 0 atom stereocenters. The van der Waals surface area contributed by atoms with Gasteiger partial charge in [-0.25, -0.2) is 0 Å². The number of amides is 1. The van der Waals surface area contributed by atoms with Crippen LogP contribution in [0.5, 0.6) is 0 Å². The van der Waals surface area contributed by atoms with Crippen molar-refractivity contribution in [2.75, 3.05) is 20.1 Å². The van der Waals surface area contributed by atoms with Crippen LogP contribution >= 0.6 is 0 Å². The first-order valence-corrected chi connectivity index (χ1v) is 9.83. The van der Waals surface area contributed by atoms with Gasteiger partial charge in [-0.05, 0) is 48.4 Å². The van der Waals surface area contributed by atoms with Crippen LogP contribution in [0.1, 0.15) is 34.4 Å². The first-order valence-electron chi connectivity index (χ1n) is 9.83. The Morgan fingerprint density at radius 3 is 2.63 bits per heavy atom. The van der Waals surface area contributed by atoms with Crippen LogP contribution in [0.4, 0.5) is 13.2 Å². The van der Waals surface area contributed by atoms with E-state index in [0.29, 0.717) is 17.7 Å². The number of aromatic nitrogens is 1. The van der Waals surface area contributed by atoms with Crippen molar-refractivity contribution < 1.29 is 18.0 Å². The number of nitrogens with zero attached hydrogens (tertiary/aromatic N) is 2. The lowest BCUT2D eigenvalue weighted by molar-refractivity contribution is -0.137. The molecule has 2 aliphatic rings. The summed E-state index contributed by atoms with van der Waals surface area (Å²) in [6.07, 6.45) is 3.24. The SMILES string of the molecule is CN1CC=C(c2cnc3c(c2)C(NC(=O)Cc2ccc(C(F)(F)F)cc2)=CC3)CC1. The Bertz CT molecular complexity index is 1020. The molecule has 1 aliphatic carbocycles. The number of halogens is 3. The minimum absolute atomic E-state index is 0.00934. The van der Waals surface area contributed by atoms with Gasteiger partial charge in [-0.1, -0.05) is 24.3 Å². The number of benzene rings is 1. The predicted molar refractivity (Wildman–Crippen MR) is 109 cm³/mol. The van der Waals surface area contributed by atoms with Crippen molar-refractivity contribution in [2.24, 2.45) is 0 Å². The molecule has 30 heavy (non-hydrogen) atoms. The van der Waals surface area contributed by atoms with Gasteiger partial charge in [-0.2, -0.15) is 13.2 Å². The minimum atomic E-state index is -4.38. The molecule has 0 radical (unpaired) electrons. The second-order valence-electron chi connectivity index (χ2n) is 7.70.